The number of sulfone groups is 1. The predicted octanol–water partition coefficient (Wildman–Crippen LogP) is 7.60. The van der Waals surface area contributed by atoms with Gasteiger partial charge in [-0.1, -0.05) is 72.8 Å². The van der Waals surface area contributed by atoms with Crippen LogP contribution in [-0.4, -0.2) is 36.1 Å². The number of alkyl halides is 3. The van der Waals surface area contributed by atoms with Crippen LogP contribution in [0.2, 0.25) is 0 Å². The normalized spacial score (nSPS) is 13.8. The molecule has 0 aliphatic carbocycles. The van der Waals surface area contributed by atoms with E-state index in [1.54, 1.807) is 12.1 Å². The summed E-state index contributed by atoms with van der Waals surface area (Å²) < 4.78 is 72.9. The van der Waals surface area contributed by atoms with E-state index < -0.39 is 39.5 Å². The summed E-state index contributed by atoms with van der Waals surface area (Å²) in [5, 5.41) is 4.00. The van der Waals surface area contributed by atoms with Gasteiger partial charge in [-0.3, -0.25) is 10.1 Å². The molecule has 4 aromatic carbocycles. The maximum absolute atomic E-state index is 13.3. The molecule has 240 valence electrons. The van der Waals surface area contributed by atoms with Gasteiger partial charge in [0.05, 0.1) is 11.4 Å². The van der Waals surface area contributed by atoms with Crippen molar-refractivity contribution in [3.8, 4) is 11.1 Å². The van der Waals surface area contributed by atoms with E-state index in [-0.39, 0.29) is 22.9 Å². The van der Waals surface area contributed by atoms with Crippen LogP contribution in [0.3, 0.4) is 0 Å². The summed E-state index contributed by atoms with van der Waals surface area (Å²) in [5.41, 5.74) is 2.85. The van der Waals surface area contributed by atoms with E-state index in [0.29, 0.717) is 12.1 Å². The number of halogens is 3. The van der Waals surface area contributed by atoms with Crippen molar-refractivity contribution in [2.75, 3.05) is 5.75 Å². The minimum atomic E-state index is -4.59. The number of benzene rings is 4. The molecule has 0 saturated heterocycles. The Labute approximate surface area is 272 Å². The molecule has 1 aliphatic rings. The number of hydrogen-bond acceptors (Lipinski definition) is 7. The maximum Gasteiger partial charge on any atom is 0.449 e. The summed E-state index contributed by atoms with van der Waals surface area (Å²) in [6.45, 7) is 2.44. The number of urea groups is 1. The molecule has 0 atom stereocenters. The summed E-state index contributed by atoms with van der Waals surface area (Å²) in [6, 6.07) is 26.9. The third kappa shape index (κ3) is 7.32. The number of furan rings is 1. The summed E-state index contributed by atoms with van der Waals surface area (Å²) in [7, 11) is -3.97. The highest BCUT2D eigenvalue weighted by Gasteiger charge is 2.35. The van der Waals surface area contributed by atoms with Gasteiger partial charge in [0.1, 0.15) is 17.2 Å². The molecule has 0 unspecified atom stereocenters. The van der Waals surface area contributed by atoms with Gasteiger partial charge in [0.25, 0.3) is 5.91 Å². The molecule has 0 saturated carbocycles. The molecule has 0 spiro atoms. The van der Waals surface area contributed by atoms with Crippen molar-refractivity contribution in [3.63, 3.8) is 0 Å². The second kappa shape index (κ2) is 12.8. The van der Waals surface area contributed by atoms with E-state index in [2.05, 4.69) is 4.99 Å². The van der Waals surface area contributed by atoms with E-state index in [1.807, 2.05) is 77.2 Å². The summed E-state index contributed by atoms with van der Waals surface area (Å²) >= 11 is 1.44. The number of carbonyl (C=O) groups excluding carboxylic acids is 2. The van der Waals surface area contributed by atoms with Gasteiger partial charge in [-0.05, 0) is 76.2 Å². The monoisotopic (exact) mass is 677 g/mol. The van der Waals surface area contributed by atoms with E-state index in [4.69, 9.17) is 4.42 Å². The van der Waals surface area contributed by atoms with Gasteiger partial charge in [0, 0.05) is 11.4 Å². The topological polar surface area (TPSA) is 109 Å². The molecule has 5 aromatic rings. The first-order valence-corrected chi connectivity index (χ1v) is 16.7. The van der Waals surface area contributed by atoms with Crippen LogP contribution in [0.1, 0.15) is 22.6 Å². The first-order valence-electron chi connectivity index (χ1n) is 14.3. The highest BCUT2D eigenvalue weighted by atomic mass is 32.2. The first kappa shape index (κ1) is 32.2. The molecule has 1 N–H and O–H groups in total. The van der Waals surface area contributed by atoms with Crippen molar-refractivity contribution in [1.82, 2.24) is 9.62 Å². The Morgan fingerprint density at radius 1 is 0.872 bits per heavy atom. The first-order chi connectivity index (χ1) is 22.4. The van der Waals surface area contributed by atoms with Gasteiger partial charge in [0.2, 0.25) is 5.76 Å². The molecule has 0 bridgehead atoms. The molecule has 1 aliphatic heterocycles. The Morgan fingerprint density at radius 2 is 1.64 bits per heavy atom. The summed E-state index contributed by atoms with van der Waals surface area (Å²) in [5.74, 6) is -2.43. The Balaban J connectivity index is 1.25. The average Bonchev–Trinajstić information content (AvgIpc) is 3.64. The lowest BCUT2D eigenvalue weighted by atomic mass is 10.0. The molecule has 47 heavy (non-hydrogen) atoms. The molecule has 0 fully saturated rings. The third-order valence-electron chi connectivity index (χ3n) is 7.46. The lowest BCUT2D eigenvalue weighted by Gasteiger charge is -2.22. The highest BCUT2D eigenvalue weighted by Crippen LogP contribution is 2.37. The van der Waals surface area contributed by atoms with Gasteiger partial charge in [-0.25, -0.2) is 17.5 Å². The summed E-state index contributed by atoms with van der Waals surface area (Å²) in [4.78, 5) is 27.6. The Kier molecular flexibility index (Phi) is 8.79. The number of aliphatic imine (C=N–C) groups is 1. The molecule has 0 radical (unpaired) electrons. The zero-order valence-corrected chi connectivity index (χ0v) is 26.4. The molecular weight excluding hydrogens is 652 g/mol. The predicted molar refractivity (Wildman–Crippen MR) is 172 cm³/mol. The fraction of sp³-hybridized carbons (Fsp3) is 0.147. The SMILES string of the molecule is Cc1ccc2ccccc2c1SN(Cc1ccc(-c2cccc(S(=O)(=O)CC3=NC(=O)NC3=O)c2)cc1)Cc1ccc(C(F)(F)F)o1. The second-order valence-electron chi connectivity index (χ2n) is 10.9. The van der Waals surface area contributed by atoms with Gasteiger partial charge in [-0.2, -0.15) is 18.2 Å². The van der Waals surface area contributed by atoms with Crippen molar-refractivity contribution < 1.29 is 35.6 Å². The van der Waals surface area contributed by atoms with Crippen molar-refractivity contribution >= 4 is 50.2 Å². The van der Waals surface area contributed by atoms with Gasteiger partial charge in [-0.15, -0.1) is 0 Å². The van der Waals surface area contributed by atoms with E-state index in [0.717, 1.165) is 38.4 Å². The van der Waals surface area contributed by atoms with Crippen LogP contribution in [-0.2, 0) is 33.9 Å². The molecule has 1 aromatic heterocycles. The standard InChI is InChI=1S/C34H26F3N3O5S2/c1-21-9-12-24-5-2-3-8-28(24)31(21)46-40(19-26-15-16-30(45-26)34(35,36)37)18-22-10-13-23(14-11-22)25-6-4-7-27(17-25)47(43,44)20-29-32(41)39-33(42)38-29/h2-17H,18-20H2,1H3,(H,39,41,42). The number of hydrogen-bond donors (Lipinski definition) is 1. The maximum atomic E-state index is 13.3. The summed E-state index contributed by atoms with van der Waals surface area (Å²) in [6.07, 6.45) is -4.59. The van der Waals surface area contributed by atoms with Crippen LogP contribution in [0.5, 0.6) is 0 Å². The van der Waals surface area contributed by atoms with Crippen LogP contribution in [0.4, 0.5) is 18.0 Å². The number of rotatable bonds is 10. The van der Waals surface area contributed by atoms with Crippen molar-refractivity contribution in [2.45, 2.75) is 36.0 Å². The zero-order chi connectivity index (χ0) is 33.3. The smallest absolute Gasteiger partial charge is 0.449 e. The van der Waals surface area contributed by atoms with E-state index >= 15 is 0 Å². The molecule has 8 nitrogen and oxygen atoms in total. The Hall–Kier alpha value is -4.72. The molecule has 3 amide bonds. The molecular formula is C34H26F3N3O5S2. The van der Waals surface area contributed by atoms with E-state index in [9.17, 15) is 31.2 Å². The van der Waals surface area contributed by atoms with Crippen LogP contribution >= 0.6 is 11.9 Å². The number of carbonyl (C=O) groups is 2. The number of imide groups is 1. The number of nitrogens with one attached hydrogen (secondary N) is 1. The number of nitrogens with zero attached hydrogens (tertiary/aromatic N) is 2. The second-order valence-corrected chi connectivity index (χ2v) is 14.0. The lowest BCUT2D eigenvalue weighted by molar-refractivity contribution is -0.153. The van der Waals surface area contributed by atoms with Crippen LogP contribution in [0.25, 0.3) is 21.9 Å². The Morgan fingerprint density at radius 3 is 2.34 bits per heavy atom. The minimum absolute atomic E-state index is 0.0290. The van der Waals surface area contributed by atoms with Crippen LogP contribution < -0.4 is 5.32 Å². The van der Waals surface area contributed by atoms with Crippen molar-refractivity contribution in [2.24, 2.45) is 4.99 Å². The van der Waals surface area contributed by atoms with E-state index in [1.165, 1.54) is 30.1 Å². The molecule has 13 heteroatoms. The number of fused-ring (bicyclic) bond motifs is 1. The zero-order valence-electron chi connectivity index (χ0n) is 24.7. The van der Waals surface area contributed by atoms with Crippen molar-refractivity contribution in [1.29, 1.82) is 0 Å². The minimum Gasteiger partial charge on any atom is -0.455 e. The largest absolute Gasteiger partial charge is 0.455 e. The van der Waals surface area contributed by atoms with Gasteiger partial charge in [0.15, 0.2) is 9.84 Å². The number of amides is 3. The van der Waals surface area contributed by atoms with Gasteiger partial charge >= 0.3 is 12.2 Å². The highest BCUT2D eigenvalue weighted by molar-refractivity contribution is 7.97. The lowest BCUT2D eigenvalue weighted by Crippen LogP contribution is -2.29. The van der Waals surface area contributed by atoms with Gasteiger partial charge < -0.3 is 4.42 Å². The molecule has 6 rings (SSSR count). The van der Waals surface area contributed by atoms with Crippen LogP contribution in [0, 0.1) is 6.92 Å². The van der Waals surface area contributed by atoms with Crippen LogP contribution in [0.15, 0.2) is 116 Å². The fourth-order valence-electron chi connectivity index (χ4n) is 5.12. The Bertz CT molecular complexity index is 2140. The average molecular weight is 678 g/mol. The third-order valence-corrected chi connectivity index (χ3v) is 10.3. The quantitative estimate of drug-likeness (QED) is 0.152. The fourth-order valence-corrected chi connectivity index (χ4v) is 7.59. The number of aryl methyl sites for hydroxylation is 1. The van der Waals surface area contributed by atoms with Crippen molar-refractivity contribution in [3.05, 3.63) is 120 Å². The molecule has 2 heterocycles.